The molecule has 0 bridgehead atoms. The highest BCUT2D eigenvalue weighted by molar-refractivity contribution is 5.80. The third-order valence-corrected chi connectivity index (χ3v) is 2.15. The van der Waals surface area contributed by atoms with Crippen LogP contribution in [0.15, 0.2) is 36.9 Å². The number of allylic oxidation sites excluding steroid dienone is 1. The van der Waals surface area contributed by atoms with Crippen molar-refractivity contribution in [3.8, 4) is 0 Å². The average molecular weight is 206 g/mol. The second-order valence-electron chi connectivity index (χ2n) is 3.53. The monoisotopic (exact) mass is 206 g/mol. The van der Waals surface area contributed by atoms with Crippen molar-refractivity contribution in [1.29, 1.82) is 0 Å². The standard InChI is InChI=1S/C13H15FO/c1-2-3-4-8-13(15)10-11-6-5-7-12(14)9-11/h2,5-7,9H,1,3-4,8,10H2. The van der Waals surface area contributed by atoms with Crippen LogP contribution in [0, 0.1) is 5.82 Å². The minimum absolute atomic E-state index is 0.155. The Labute approximate surface area is 89.6 Å². The molecule has 0 unspecified atom stereocenters. The van der Waals surface area contributed by atoms with Gasteiger partial charge in [0, 0.05) is 12.8 Å². The lowest BCUT2D eigenvalue weighted by Gasteiger charge is -2.00. The van der Waals surface area contributed by atoms with Gasteiger partial charge in [0.1, 0.15) is 11.6 Å². The fourth-order valence-corrected chi connectivity index (χ4v) is 1.41. The molecule has 0 saturated heterocycles. The van der Waals surface area contributed by atoms with Crippen LogP contribution >= 0.6 is 0 Å². The van der Waals surface area contributed by atoms with Crippen LogP contribution < -0.4 is 0 Å². The second kappa shape index (κ2) is 6.12. The molecule has 0 saturated carbocycles. The molecule has 2 heteroatoms. The maximum atomic E-state index is 12.8. The van der Waals surface area contributed by atoms with E-state index in [-0.39, 0.29) is 11.6 Å². The van der Waals surface area contributed by atoms with E-state index in [1.165, 1.54) is 12.1 Å². The van der Waals surface area contributed by atoms with Crippen molar-refractivity contribution in [2.75, 3.05) is 0 Å². The van der Waals surface area contributed by atoms with Gasteiger partial charge in [0.25, 0.3) is 0 Å². The molecule has 0 atom stereocenters. The van der Waals surface area contributed by atoms with Gasteiger partial charge in [-0.25, -0.2) is 4.39 Å². The van der Waals surface area contributed by atoms with Gasteiger partial charge in [0.15, 0.2) is 0 Å². The first-order chi connectivity index (χ1) is 7.22. The number of unbranched alkanes of at least 4 members (excludes halogenated alkanes) is 1. The van der Waals surface area contributed by atoms with Crippen LogP contribution in [0.3, 0.4) is 0 Å². The fraction of sp³-hybridized carbons (Fsp3) is 0.308. The Balaban J connectivity index is 2.40. The maximum absolute atomic E-state index is 12.8. The number of hydrogen-bond donors (Lipinski definition) is 0. The van der Waals surface area contributed by atoms with E-state index in [0.717, 1.165) is 18.4 Å². The molecule has 1 aromatic carbocycles. The van der Waals surface area contributed by atoms with Gasteiger partial charge >= 0.3 is 0 Å². The number of Topliss-reactive ketones (excluding diaryl/α,β-unsaturated/α-hetero) is 1. The summed E-state index contributed by atoms with van der Waals surface area (Å²) in [6.07, 6.45) is 4.36. The van der Waals surface area contributed by atoms with Crippen LogP contribution in [0.25, 0.3) is 0 Å². The molecule has 0 spiro atoms. The quantitative estimate of drug-likeness (QED) is 0.515. The number of benzene rings is 1. The first kappa shape index (κ1) is 11.6. The Morgan fingerprint density at radius 2 is 2.27 bits per heavy atom. The summed E-state index contributed by atoms with van der Waals surface area (Å²) in [5, 5.41) is 0. The number of hydrogen-bond acceptors (Lipinski definition) is 1. The molecule has 0 aromatic heterocycles. The number of carbonyl (C=O) groups is 1. The summed E-state index contributed by atoms with van der Waals surface area (Å²) >= 11 is 0. The van der Waals surface area contributed by atoms with Gasteiger partial charge in [0.2, 0.25) is 0 Å². The molecule has 0 amide bonds. The molecule has 0 aliphatic carbocycles. The molecule has 15 heavy (non-hydrogen) atoms. The molecule has 0 radical (unpaired) electrons. The summed E-state index contributed by atoms with van der Waals surface area (Å²) in [6, 6.07) is 6.19. The summed E-state index contributed by atoms with van der Waals surface area (Å²) in [6.45, 7) is 3.59. The van der Waals surface area contributed by atoms with E-state index in [4.69, 9.17) is 0 Å². The van der Waals surface area contributed by atoms with Crippen molar-refractivity contribution < 1.29 is 9.18 Å². The van der Waals surface area contributed by atoms with Gasteiger partial charge in [-0.15, -0.1) is 6.58 Å². The SMILES string of the molecule is C=CCCCC(=O)Cc1cccc(F)c1. The first-order valence-corrected chi connectivity index (χ1v) is 5.09. The second-order valence-corrected chi connectivity index (χ2v) is 3.53. The zero-order valence-corrected chi connectivity index (χ0v) is 8.71. The van der Waals surface area contributed by atoms with Crippen molar-refractivity contribution in [3.63, 3.8) is 0 Å². The number of carbonyl (C=O) groups excluding carboxylic acids is 1. The van der Waals surface area contributed by atoms with Crippen molar-refractivity contribution in [3.05, 3.63) is 48.3 Å². The summed E-state index contributed by atoms with van der Waals surface area (Å²) in [5.74, 6) is -0.131. The zero-order valence-electron chi connectivity index (χ0n) is 8.71. The normalized spacial score (nSPS) is 9.93. The van der Waals surface area contributed by atoms with Gasteiger partial charge < -0.3 is 0 Å². The molecule has 0 fully saturated rings. The molecular formula is C13H15FO. The highest BCUT2D eigenvalue weighted by Crippen LogP contribution is 2.07. The number of rotatable bonds is 6. The smallest absolute Gasteiger partial charge is 0.137 e. The highest BCUT2D eigenvalue weighted by atomic mass is 19.1. The maximum Gasteiger partial charge on any atom is 0.137 e. The average Bonchev–Trinajstić information content (AvgIpc) is 2.18. The van der Waals surface area contributed by atoms with E-state index in [1.54, 1.807) is 18.2 Å². The Bertz CT molecular complexity index is 344. The molecular weight excluding hydrogens is 191 g/mol. The lowest BCUT2D eigenvalue weighted by Crippen LogP contribution is -2.02. The van der Waals surface area contributed by atoms with Crippen molar-refractivity contribution in [2.45, 2.75) is 25.7 Å². The van der Waals surface area contributed by atoms with E-state index in [0.29, 0.717) is 12.8 Å². The van der Waals surface area contributed by atoms with E-state index in [9.17, 15) is 9.18 Å². The Kier molecular flexibility index (Phi) is 4.75. The van der Waals surface area contributed by atoms with Gasteiger partial charge in [-0.2, -0.15) is 0 Å². The fourth-order valence-electron chi connectivity index (χ4n) is 1.41. The molecule has 1 rings (SSSR count). The van der Waals surface area contributed by atoms with Crippen molar-refractivity contribution >= 4 is 5.78 Å². The van der Waals surface area contributed by atoms with E-state index < -0.39 is 0 Å². The van der Waals surface area contributed by atoms with Crippen LogP contribution in [0.2, 0.25) is 0 Å². The molecule has 0 heterocycles. The van der Waals surface area contributed by atoms with Crippen LogP contribution in [0.4, 0.5) is 4.39 Å². The van der Waals surface area contributed by atoms with E-state index >= 15 is 0 Å². The van der Waals surface area contributed by atoms with Crippen LogP contribution in [-0.4, -0.2) is 5.78 Å². The molecule has 0 aliphatic heterocycles. The molecule has 0 N–H and O–H groups in total. The van der Waals surface area contributed by atoms with Crippen LogP contribution in [0.5, 0.6) is 0 Å². The topological polar surface area (TPSA) is 17.1 Å². The molecule has 1 nitrogen and oxygen atoms in total. The van der Waals surface area contributed by atoms with Gasteiger partial charge in [0.05, 0.1) is 0 Å². The predicted octanol–water partition coefficient (Wildman–Crippen LogP) is 3.29. The number of ketones is 1. The highest BCUT2D eigenvalue weighted by Gasteiger charge is 2.03. The van der Waals surface area contributed by atoms with Gasteiger partial charge in [-0.3, -0.25) is 4.79 Å². The van der Waals surface area contributed by atoms with Gasteiger partial charge in [-0.1, -0.05) is 18.2 Å². The summed E-state index contributed by atoms with van der Waals surface area (Å²) in [4.78, 5) is 11.4. The molecule has 1 aromatic rings. The van der Waals surface area contributed by atoms with Crippen LogP contribution in [-0.2, 0) is 11.2 Å². The van der Waals surface area contributed by atoms with Crippen molar-refractivity contribution in [1.82, 2.24) is 0 Å². The Morgan fingerprint density at radius 3 is 2.93 bits per heavy atom. The third-order valence-electron chi connectivity index (χ3n) is 2.15. The minimum Gasteiger partial charge on any atom is -0.299 e. The summed E-state index contributed by atoms with van der Waals surface area (Å²) in [7, 11) is 0. The molecule has 80 valence electrons. The first-order valence-electron chi connectivity index (χ1n) is 5.09. The van der Waals surface area contributed by atoms with E-state index in [2.05, 4.69) is 6.58 Å². The van der Waals surface area contributed by atoms with Crippen LogP contribution in [0.1, 0.15) is 24.8 Å². The lowest BCUT2D eigenvalue weighted by molar-refractivity contribution is -0.118. The summed E-state index contributed by atoms with van der Waals surface area (Å²) in [5.41, 5.74) is 0.749. The minimum atomic E-state index is -0.286. The summed E-state index contributed by atoms with van der Waals surface area (Å²) < 4.78 is 12.8. The van der Waals surface area contributed by atoms with E-state index in [1.807, 2.05) is 0 Å². The largest absolute Gasteiger partial charge is 0.299 e. The number of halogens is 1. The third kappa shape index (κ3) is 4.54. The Hall–Kier alpha value is -1.44. The lowest BCUT2D eigenvalue weighted by atomic mass is 10.0. The molecule has 0 aliphatic rings. The zero-order chi connectivity index (χ0) is 11.1. The van der Waals surface area contributed by atoms with Crippen molar-refractivity contribution in [2.24, 2.45) is 0 Å². The Morgan fingerprint density at radius 1 is 1.47 bits per heavy atom. The predicted molar refractivity (Wildman–Crippen MR) is 59.2 cm³/mol. The van der Waals surface area contributed by atoms with Gasteiger partial charge in [-0.05, 0) is 30.5 Å².